The van der Waals surface area contributed by atoms with Crippen LogP contribution in [0.1, 0.15) is 38.5 Å². The number of nitrogens with zero attached hydrogens (tertiary/aromatic N) is 1. The number of hydrogen-bond acceptors (Lipinski definition) is 3. The minimum atomic E-state index is -0.653. The summed E-state index contributed by atoms with van der Waals surface area (Å²) in [4.78, 5) is 13.2. The van der Waals surface area contributed by atoms with E-state index < -0.39 is 5.97 Å². The lowest BCUT2D eigenvalue weighted by Gasteiger charge is -2.33. The van der Waals surface area contributed by atoms with Crippen LogP contribution < -0.4 is 0 Å². The van der Waals surface area contributed by atoms with Crippen LogP contribution in [-0.4, -0.2) is 47.1 Å². The molecule has 1 saturated heterocycles. The number of piperidine rings is 1. The Morgan fingerprint density at radius 1 is 1.38 bits per heavy atom. The predicted octanol–water partition coefficient (Wildman–Crippen LogP) is 2.46. The van der Waals surface area contributed by atoms with Crippen LogP contribution in [-0.2, 0) is 4.79 Å². The molecule has 0 radical (unpaired) electrons. The smallest absolute Gasteiger partial charge is 0.304 e. The second-order valence-corrected chi connectivity index (χ2v) is 5.47. The van der Waals surface area contributed by atoms with Crippen molar-refractivity contribution in [1.29, 1.82) is 0 Å². The van der Waals surface area contributed by atoms with E-state index in [9.17, 15) is 4.79 Å². The van der Waals surface area contributed by atoms with Crippen LogP contribution >= 0.6 is 11.8 Å². The minimum absolute atomic E-state index is 0.268. The van der Waals surface area contributed by atoms with Crippen molar-refractivity contribution in [2.24, 2.45) is 0 Å². The van der Waals surface area contributed by atoms with Gasteiger partial charge in [0.1, 0.15) is 0 Å². The topological polar surface area (TPSA) is 40.5 Å². The Bertz CT molecular complexity index is 205. The SMILES string of the molecule is CSCCCC(CC(=O)O)N1CCCCC1. The van der Waals surface area contributed by atoms with E-state index in [1.165, 1.54) is 19.3 Å². The van der Waals surface area contributed by atoms with Gasteiger partial charge in [0.05, 0.1) is 6.42 Å². The molecule has 0 spiro atoms. The molecule has 94 valence electrons. The third-order valence-corrected chi connectivity index (χ3v) is 3.90. The van der Waals surface area contributed by atoms with Gasteiger partial charge < -0.3 is 5.11 Å². The van der Waals surface area contributed by atoms with E-state index in [-0.39, 0.29) is 6.04 Å². The van der Waals surface area contributed by atoms with Crippen molar-refractivity contribution in [2.45, 2.75) is 44.6 Å². The van der Waals surface area contributed by atoms with Crippen LogP contribution in [0.3, 0.4) is 0 Å². The lowest BCUT2D eigenvalue weighted by atomic mass is 10.0. The van der Waals surface area contributed by atoms with Gasteiger partial charge in [-0.3, -0.25) is 9.69 Å². The maximum absolute atomic E-state index is 10.9. The average molecular weight is 245 g/mol. The molecule has 1 heterocycles. The molecule has 1 aliphatic rings. The summed E-state index contributed by atoms with van der Waals surface area (Å²) in [6.45, 7) is 2.19. The van der Waals surface area contributed by atoms with Gasteiger partial charge in [-0.2, -0.15) is 11.8 Å². The third-order valence-electron chi connectivity index (χ3n) is 3.20. The lowest BCUT2D eigenvalue weighted by molar-refractivity contribution is -0.138. The normalized spacial score (nSPS) is 19.6. The predicted molar refractivity (Wildman–Crippen MR) is 69.1 cm³/mol. The maximum Gasteiger partial charge on any atom is 0.304 e. The van der Waals surface area contributed by atoms with Crippen LogP contribution in [0.5, 0.6) is 0 Å². The second kappa shape index (κ2) is 7.96. The molecular formula is C12H23NO2S. The quantitative estimate of drug-likeness (QED) is 0.700. The fourth-order valence-corrected chi connectivity index (χ4v) is 2.82. The van der Waals surface area contributed by atoms with Gasteiger partial charge in [0.15, 0.2) is 0 Å². The molecule has 0 amide bonds. The summed E-state index contributed by atoms with van der Waals surface area (Å²) in [7, 11) is 0. The van der Waals surface area contributed by atoms with Gasteiger partial charge in [-0.05, 0) is 50.8 Å². The molecule has 4 heteroatoms. The first kappa shape index (κ1) is 13.8. The van der Waals surface area contributed by atoms with E-state index in [1.807, 2.05) is 11.8 Å². The Morgan fingerprint density at radius 2 is 2.06 bits per heavy atom. The fraction of sp³-hybridized carbons (Fsp3) is 0.917. The number of likely N-dealkylation sites (tertiary alicyclic amines) is 1. The van der Waals surface area contributed by atoms with Crippen LogP contribution in [0.2, 0.25) is 0 Å². The van der Waals surface area contributed by atoms with Gasteiger partial charge >= 0.3 is 5.97 Å². The summed E-state index contributed by atoms with van der Waals surface area (Å²) < 4.78 is 0. The van der Waals surface area contributed by atoms with E-state index in [2.05, 4.69) is 11.2 Å². The van der Waals surface area contributed by atoms with Gasteiger partial charge in [0.25, 0.3) is 0 Å². The Labute approximate surface area is 103 Å². The van der Waals surface area contributed by atoms with Crippen molar-refractivity contribution in [2.75, 3.05) is 25.1 Å². The van der Waals surface area contributed by atoms with E-state index in [4.69, 9.17) is 5.11 Å². The molecule has 1 unspecified atom stereocenters. The van der Waals surface area contributed by atoms with Gasteiger partial charge in [0.2, 0.25) is 0 Å². The van der Waals surface area contributed by atoms with Crippen molar-refractivity contribution in [3.05, 3.63) is 0 Å². The highest BCUT2D eigenvalue weighted by Gasteiger charge is 2.22. The third kappa shape index (κ3) is 5.21. The van der Waals surface area contributed by atoms with Crippen molar-refractivity contribution in [1.82, 2.24) is 4.90 Å². The molecule has 0 saturated carbocycles. The molecule has 0 aromatic carbocycles. The summed E-state index contributed by atoms with van der Waals surface area (Å²) in [5.41, 5.74) is 0. The van der Waals surface area contributed by atoms with Crippen molar-refractivity contribution in [3.63, 3.8) is 0 Å². The summed E-state index contributed by atoms with van der Waals surface area (Å²) in [6.07, 6.45) is 8.36. The van der Waals surface area contributed by atoms with E-state index in [0.29, 0.717) is 6.42 Å². The number of thioether (sulfide) groups is 1. The average Bonchev–Trinajstić information content (AvgIpc) is 2.29. The van der Waals surface area contributed by atoms with E-state index in [1.54, 1.807) is 0 Å². The molecule has 16 heavy (non-hydrogen) atoms. The van der Waals surface area contributed by atoms with Crippen molar-refractivity contribution < 1.29 is 9.90 Å². The summed E-state index contributed by atoms with van der Waals surface area (Å²) >= 11 is 1.84. The van der Waals surface area contributed by atoms with Crippen LogP contribution in [0.25, 0.3) is 0 Å². The standard InChI is InChI=1S/C12H23NO2S/c1-16-9-5-6-11(10-12(14)15)13-7-3-2-4-8-13/h11H,2-10H2,1H3,(H,14,15). The number of rotatable bonds is 7. The summed E-state index contributed by atoms with van der Waals surface area (Å²) in [5, 5.41) is 8.94. The number of carboxylic acids is 1. The van der Waals surface area contributed by atoms with Gasteiger partial charge in [-0.15, -0.1) is 0 Å². The molecule has 0 aromatic rings. The van der Waals surface area contributed by atoms with Gasteiger partial charge in [-0.25, -0.2) is 0 Å². The highest BCUT2D eigenvalue weighted by atomic mass is 32.2. The largest absolute Gasteiger partial charge is 0.481 e. The molecule has 1 fully saturated rings. The molecule has 0 bridgehead atoms. The number of carboxylic acid groups (broad SMARTS) is 1. The molecule has 1 rings (SSSR count). The zero-order chi connectivity index (χ0) is 11.8. The van der Waals surface area contributed by atoms with Gasteiger partial charge in [-0.1, -0.05) is 6.42 Å². The Morgan fingerprint density at radius 3 is 2.62 bits per heavy atom. The van der Waals surface area contributed by atoms with Crippen LogP contribution in [0, 0.1) is 0 Å². The second-order valence-electron chi connectivity index (χ2n) is 4.48. The van der Waals surface area contributed by atoms with Crippen molar-refractivity contribution >= 4 is 17.7 Å². The first-order chi connectivity index (χ1) is 7.74. The molecule has 1 aliphatic heterocycles. The van der Waals surface area contributed by atoms with Crippen LogP contribution in [0.4, 0.5) is 0 Å². The highest BCUT2D eigenvalue weighted by molar-refractivity contribution is 7.98. The lowest BCUT2D eigenvalue weighted by Crippen LogP contribution is -2.40. The Hall–Kier alpha value is -0.220. The van der Waals surface area contributed by atoms with E-state index in [0.717, 1.165) is 31.7 Å². The Kier molecular flexibility index (Phi) is 6.88. The monoisotopic (exact) mass is 245 g/mol. The zero-order valence-corrected chi connectivity index (χ0v) is 11.0. The van der Waals surface area contributed by atoms with E-state index >= 15 is 0 Å². The first-order valence-electron chi connectivity index (χ1n) is 6.19. The van der Waals surface area contributed by atoms with Crippen LogP contribution in [0.15, 0.2) is 0 Å². The highest BCUT2D eigenvalue weighted by Crippen LogP contribution is 2.18. The van der Waals surface area contributed by atoms with Crippen molar-refractivity contribution in [3.8, 4) is 0 Å². The molecule has 1 N–H and O–H groups in total. The fourth-order valence-electron chi connectivity index (χ4n) is 2.36. The zero-order valence-electron chi connectivity index (χ0n) is 10.2. The number of aliphatic carboxylic acids is 1. The summed E-state index contributed by atoms with van der Waals surface area (Å²) in [6, 6.07) is 0.268. The molecule has 1 atom stereocenters. The molecule has 3 nitrogen and oxygen atoms in total. The molecule has 0 aromatic heterocycles. The molecule has 0 aliphatic carbocycles. The number of carbonyl (C=O) groups is 1. The minimum Gasteiger partial charge on any atom is -0.481 e. The number of hydrogen-bond donors (Lipinski definition) is 1. The maximum atomic E-state index is 10.9. The first-order valence-corrected chi connectivity index (χ1v) is 7.58. The summed E-state index contributed by atoms with van der Waals surface area (Å²) in [5.74, 6) is 0.490. The Balaban J connectivity index is 2.37. The van der Waals surface area contributed by atoms with Gasteiger partial charge in [0, 0.05) is 6.04 Å². The molecular weight excluding hydrogens is 222 g/mol.